The van der Waals surface area contributed by atoms with Crippen LogP contribution in [0.15, 0.2) is 18.2 Å². The number of hydrogen-bond acceptors (Lipinski definition) is 5. The van der Waals surface area contributed by atoms with Crippen LogP contribution in [0.4, 0.5) is 5.69 Å². The zero-order valence-corrected chi connectivity index (χ0v) is 11.1. The molecule has 1 aliphatic heterocycles. The van der Waals surface area contributed by atoms with Crippen molar-refractivity contribution in [3.05, 3.63) is 29.3 Å². The largest absolute Gasteiger partial charge is 0.399 e. The Morgan fingerprint density at radius 2 is 2.17 bits per heavy atom. The lowest BCUT2D eigenvalue weighted by molar-refractivity contribution is 0.428. The molecule has 18 heavy (non-hydrogen) atoms. The van der Waals surface area contributed by atoms with Crippen LogP contribution in [0, 0.1) is 0 Å². The maximum Gasteiger partial charge on any atom is 0.140 e. The van der Waals surface area contributed by atoms with Crippen LogP contribution in [0.5, 0.6) is 0 Å². The van der Waals surface area contributed by atoms with Crippen LogP contribution >= 0.6 is 0 Å². The second-order valence-electron chi connectivity index (χ2n) is 4.48. The van der Waals surface area contributed by atoms with Crippen molar-refractivity contribution in [2.24, 2.45) is 0 Å². The van der Waals surface area contributed by atoms with Gasteiger partial charge in [0.1, 0.15) is 10.7 Å². The lowest BCUT2D eigenvalue weighted by Crippen LogP contribution is -2.43. The summed E-state index contributed by atoms with van der Waals surface area (Å²) in [6.07, 6.45) is 0.525. The van der Waals surface area contributed by atoms with E-state index in [-0.39, 0.29) is 11.8 Å². The maximum atomic E-state index is 10.7. The van der Waals surface area contributed by atoms with Crippen LogP contribution in [-0.2, 0) is 17.1 Å². The molecule has 0 saturated carbocycles. The molecule has 100 valence electrons. The summed E-state index contributed by atoms with van der Waals surface area (Å²) >= 11 is 0. The lowest BCUT2D eigenvalue weighted by atomic mass is 9.97. The van der Waals surface area contributed by atoms with Crippen LogP contribution < -0.4 is 16.4 Å². The third-order valence-electron chi connectivity index (χ3n) is 3.15. The minimum absolute atomic E-state index is 0.173. The summed E-state index contributed by atoms with van der Waals surface area (Å²) in [4.78, 5) is 0. The first-order chi connectivity index (χ1) is 8.66. The first-order valence-electron chi connectivity index (χ1n) is 6.11. The van der Waals surface area contributed by atoms with Gasteiger partial charge in [-0.25, -0.2) is 8.42 Å². The van der Waals surface area contributed by atoms with Gasteiger partial charge in [0.15, 0.2) is 0 Å². The number of nitrogens with two attached hydrogens (primary N) is 1. The quantitative estimate of drug-likeness (QED) is 0.444. The zero-order chi connectivity index (χ0) is 13.0. The molecule has 1 aromatic rings. The van der Waals surface area contributed by atoms with Crippen LogP contribution in [0.3, 0.4) is 0 Å². The first-order valence-corrected chi connectivity index (χ1v) is 7.47. The molecule has 1 atom stereocenters. The molecule has 0 aliphatic carbocycles. The van der Waals surface area contributed by atoms with Gasteiger partial charge >= 0.3 is 0 Å². The fourth-order valence-electron chi connectivity index (χ4n) is 2.27. The maximum absolute atomic E-state index is 10.7. The Morgan fingerprint density at radius 3 is 2.83 bits per heavy atom. The summed E-state index contributed by atoms with van der Waals surface area (Å²) in [6, 6.07) is 5.98. The smallest absolute Gasteiger partial charge is 0.140 e. The molecular weight excluding hydrogens is 250 g/mol. The van der Waals surface area contributed by atoms with Gasteiger partial charge in [-0.1, -0.05) is 6.07 Å². The third-order valence-corrected chi connectivity index (χ3v) is 3.74. The van der Waals surface area contributed by atoms with Gasteiger partial charge in [-0.2, -0.15) is 0 Å². The molecule has 1 aliphatic rings. The number of benzene rings is 1. The molecular formula is C12H19N3O2S. The summed E-state index contributed by atoms with van der Waals surface area (Å²) in [5.74, 6) is 0.173. The fraction of sp³-hybridized carbons (Fsp3) is 0.500. The number of rotatable bonds is 4. The van der Waals surface area contributed by atoms with E-state index in [0.29, 0.717) is 12.1 Å². The summed E-state index contributed by atoms with van der Waals surface area (Å²) in [5, 5.41) is 6.76. The average molecular weight is 269 g/mol. The second kappa shape index (κ2) is 6.17. The van der Waals surface area contributed by atoms with Crippen molar-refractivity contribution in [1.82, 2.24) is 10.6 Å². The summed E-state index contributed by atoms with van der Waals surface area (Å²) < 4.78 is 21.4. The molecule has 0 amide bonds. The predicted molar refractivity (Wildman–Crippen MR) is 73.4 cm³/mol. The number of anilines is 1. The molecule has 6 heteroatoms. The van der Waals surface area contributed by atoms with Gasteiger partial charge in [-0.05, 0) is 29.7 Å². The Hall–Kier alpha value is -1.11. The minimum atomic E-state index is -2.34. The van der Waals surface area contributed by atoms with Crippen LogP contribution in [-0.4, -0.2) is 33.8 Å². The summed E-state index contributed by atoms with van der Waals surface area (Å²) in [7, 11) is -2.34. The Balaban J connectivity index is 2.21. The molecule has 2 rings (SSSR count). The molecule has 1 saturated heterocycles. The highest BCUT2D eigenvalue weighted by molar-refractivity contribution is 7.72. The topological polar surface area (TPSA) is 84.2 Å². The molecule has 1 fully saturated rings. The average Bonchev–Trinajstić information content (AvgIpc) is 2.37. The van der Waals surface area contributed by atoms with E-state index < -0.39 is 10.7 Å². The van der Waals surface area contributed by atoms with Crippen LogP contribution in [0.25, 0.3) is 0 Å². The van der Waals surface area contributed by atoms with E-state index in [9.17, 15) is 8.42 Å². The van der Waals surface area contributed by atoms with Crippen LogP contribution in [0.2, 0.25) is 0 Å². The molecule has 4 N–H and O–H groups in total. The number of nitrogens with one attached hydrogen (secondary N) is 2. The van der Waals surface area contributed by atoms with E-state index in [1.165, 1.54) is 0 Å². The monoisotopic (exact) mass is 269 g/mol. The molecule has 0 bridgehead atoms. The zero-order valence-electron chi connectivity index (χ0n) is 10.2. The van der Waals surface area contributed by atoms with Gasteiger partial charge in [0.05, 0.1) is 5.75 Å². The van der Waals surface area contributed by atoms with Gasteiger partial charge in [-0.15, -0.1) is 0 Å². The first kappa shape index (κ1) is 13.3. The highest BCUT2D eigenvalue weighted by atomic mass is 32.2. The van der Waals surface area contributed by atoms with Gasteiger partial charge < -0.3 is 16.4 Å². The number of thiol groups is 1. The molecule has 5 nitrogen and oxygen atoms in total. The van der Waals surface area contributed by atoms with Gasteiger partial charge in [0.2, 0.25) is 0 Å². The number of nitrogen functional groups attached to an aromatic ring is 1. The normalized spacial score (nSPS) is 20.2. The van der Waals surface area contributed by atoms with Crippen molar-refractivity contribution in [3.8, 4) is 0 Å². The third kappa shape index (κ3) is 3.44. The van der Waals surface area contributed by atoms with E-state index in [4.69, 9.17) is 5.73 Å². The lowest BCUT2D eigenvalue weighted by Gasteiger charge is -2.27. The standard InChI is InChI=1S/C12H19N3O2S/c13-10-1-2-11(12-8-14-4-5-15-12)9(7-10)3-6-18(16)17/h1-2,7,12,14-15,18H,3-6,8,13H2. The van der Waals surface area contributed by atoms with Gasteiger partial charge in [0, 0.05) is 31.4 Å². The van der Waals surface area contributed by atoms with Gasteiger partial charge in [-0.3, -0.25) is 0 Å². The fourth-order valence-corrected chi connectivity index (χ4v) is 2.69. The molecule has 1 unspecified atom stereocenters. The van der Waals surface area contributed by atoms with Crippen molar-refractivity contribution in [1.29, 1.82) is 0 Å². The Morgan fingerprint density at radius 1 is 1.33 bits per heavy atom. The van der Waals surface area contributed by atoms with E-state index in [0.717, 1.165) is 30.8 Å². The Bertz CT molecular complexity index is 474. The molecule has 0 spiro atoms. The molecule has 0 aromatic heterocycles. The molecule has 0 radical (unpaired) electrons. The highest BCUT2D eigenvalue weighted by Crippen LogP contribution is 2.22. The number of hydrogen-bond donors (Lipinski definition) is 4. The van der Waals surface area contributed by atoms with E-state index in [1.807, 2.05) is 18.2 Å². The SMILES string of the molecule is Nc1ccc(C2CNCCN2)c(CC[SH](=O)=O)c1. The number of piperazine rings is 1. The summed E-state index contributed by atoms with van der Waals surface area (Å²) in [5.41, 5.74) is 8.63. The summed E-state index contributed by atoms with van der Waals surface area (Å²) in [6.45, 7) is 2.75. The van der Waals surface area contributed by atoms with Crippen molar-refractivity contribution >= 4 is 16.4 Å². The van der Waals surface area contributed by atoms with Crippen molar-refractivity contribution in [2.75, 3.05) is 31.1 Å². The van der Waals surface area contributed by atoms with E-state index >= 15 is 0 Å². The highest BCUT2D eigenvalue weighted by Gasteiger charge is 2.17. The van der Waals surface area contributed by atoms with Crippen molar-refractivity contribution < 1.29 is 8.42 Å². The number of aryl methyl sites for hydroxylation is 1. The Kier molecular flexibility index (Phi) is 4.57. The predicted octanol–water partition coefficient (Wildman–Crippen LogP) is -0.343. The molecule has 1 aromatic carbocycles. The Labute approximate surface area is 109 Å². The minimum Gasteiger partial charge on any atom is -0.399 e. The van der Waals surface area contributed by atoms with Gasteiger partial charge in [0.25, 0.3) is 0 Å². The second-order valence-corrected chi connectivity index (χ2v) is 5.59. The van der Waals surface area contributed by atoms with Crippen molar-refractivity contribution in [3.63, 3.8) is 0 Å². The van der Waals surface area contributed by atoms with E-state index in [1.54, 1.807) is 0 Å². The van der Waals surface area contributed by atoms with Crippen LogP contribution in [0.1, 0.15) is 17.2 Å². The van der Waals surface area contributed by atoms with E-state index in [2.05, 4.69) is 10.6 Å². The van der Waals surface area contributed by atoms with Crippen molar-refractivity contribution in [2.45, 2.75) is 12.5 Å². The molecule has 1 heterocycles.